The van der Waals surface area contributed by atoms with E-state index in [9.17, 15) is 4.79 Å². The number of hydrogen-bond donors (Lipinski definition) is 1. The number of likely N-dealkylation sites (tertiary alicyclic amines) is 1. The van der Waals surface area contributed by atoms with E-state index in [2.05, 4.69) is 11.4 Å². The fraction of sp³-hybridized carbons (Fsp3) is 0.769. The molecule has 2 aliphatic rings. The van der Waals surface area contributed by atoms with Crippen LogP contribution >= 0.6 is 0 Å². The Morgan fingerprint density at radius 1 is 1.41 bits per heavy atom. The van der Waals surface area contributed by atoms with Gasteiger partial charge in [-0.15, -0.1) is 0 Å². The van der Waals surface area contributed by atoms with E-state index < -0.39 is 0 Å². The molecule has 1 fully saturated rings. The van der Waals surface area contributed by atoms with Crippen LogP contribution in [-0.4, -0.2) is 42.6 Å². The lowest BCUT2D eigenvalue weighted by molar-refractivity contribution is -0.129. The Hall–Kier alpha value is -1.03. The fourth-order valence-corrected chi connectivity index (χ4v) is 2.43. The van der Waals surface area contributed by atoms with E-state index in [1.54, 1.807) is 6.92 Å². The fourth-order valence-electron chi connectivity index (χ4n) is 2.43. The monoisotopic (exact) mass is 238 g/mol. The lowest BCUT2D eigenvalue weighted by Crippen LogP contribution is -2.46. The highest BCUT2D eigenvalue weighted by molar-refractivity contribution is 5.73. The van der Waals surface area contributed by atoms with Gasteiger partial charge in [0.25, 0.3) is 0 Å². The summed E-state index contributed by atoms with van der Waals surface area (Å²) in [6, 6.07) is 0.542. The lowest BCUT2D eigenvalue weighted by atomic mass is 10.0. The van der Waals surface area contributed by atoms with Crippen molar-refractivity contribution in [3.8, 4) is 0 Å². The van der Waals surface area contributed by atoms with Crippen LogP contribution in [0.25, 0.3) is 0 Å². The number of hydrogen-bond acceptors (Lipinski definition) is 3. The number of carbonyl (C=O) groups is 1. The minimum absolute atomic E-state index is 0.198. The summed E-state index contributed by atoms with van der Waals surface area (Å²) < 4.78 is 5.52. The maximum Gasteiger partial charge on any atom is 0.219 e. The first-order chi connectivity index (χ1) is 8.25. The van der Waals surface area contributed by atoms with Crippen molar-refractivity contribution in [3.05, 3.63) is 12.3 Å². The standard InChI is InChI=1S/C13H22N2O2/c1-11(16)15-7-5-12(6-8-15)14-10-13-4-2-3-9-17-13/h3,9,12-14H,2,4-8,10H2,1H3. The van der Waals surface area contributed by atoms with Gasteiger partial charge in [0.05, 0.1) is 6.26 Å². The normalized spacial score (nSPS) is 25.7. The van der Waals surface area contributed by atoms with Gasteiger partial charge in [-0.2, -0.15) is 0 Å². The van der Waals surface area contributed by atoms with Crippen LogP contribution in [0.3, 0.4) is 0 Å². The molecule has 1 N–H and O–H groups in total. The predicted octanol–water partition coefficient (Wildman–Crippen LogP) is 1.28. The van der Waals surface area contributed by atoms with E-state index in [1.165, 1.54) is 0 Å². The molecule has 0 bridgehead atoms. The molecule has 17 heavy (non-hydrogen) atoms. The van der Waals surface area contributed by atoms with Crippen molar-refractivity contribution in [1.29, 1.82) is 0 Å². The largest absolute Gasteiger partial charge is 0.497 e. The van der Waals surface area contributed by atoms with Gasteiger partial charge in [0, 0.05) is 32.6 Å². The molecule has 0 aromatic heterocycles. The SMILES string of the molecule is CC(=O)N1CCC(NCC2CCC=CO2)CC1. The summed E-state index contributed by atoms with van der Waals surface area (Å²) in [6.07, 6.45) is 8.55. The third-order valence-corrected chi connectivity index (χ3v) is 3.60. The molecule has 0 radical (unpaired) electrons. The molecule has 0 aromatic carbocycles. The van der Waals surface area contributed by atoms with Crippen molar-refractivity contribution in [2.45, 2.75) is 44.8 Å². The zero-order valence-electron chi connectivity index (χ0n) is 10.5. The minimum atomic E-state index is 0.198. The number of amides is 1. The van der Waals surface area contributed by atoms with Crippen molar-refractivity contribution < 1.29 is 9.53 Å². The Morgan fingerprint density at radius 3 is 2.76 bits per heavy atom. The highest BCUT2D eigenvalue weighted by Gasteiger charge is 2.21. The second kappa shape index (κ2) is 6.05. The third kappa shape index (κ3) is 3.73. The van der Waals surface area contributed by atoms with Crippen LogP contribution in [0, 0.1) is 0 Å². The summed E-state index contributed by atoms with van der Waals surface area (Å²) in [5.74, 6) is 0.198. The van der Waals surface area contributed by atoms with Crippen LogP contribution in [0.1, 0.15) is 32.6 Å². The van der Waals surface area contributed by atoms with Crippen molar-refractivity contribution in [2.24, 2.45) is 0 Å². The molecule has 2 aliphatic heterocycles. The number of nitrogens with zero attached hydrogens (tertiary/aromatic N) is 1. The Labute approximate surface area is 103 Å². The minimum Gasteiger partial charge on any atom is -0.497 e. The number of piperidine rings is 1. The Bertz CT molecular complexity index is 283. The van der Waals surface area contributed by atoms with E-state index in [0.717, 1.165) is 45.3 Å². The van der Waals surface area contributed by atoms with Crippen LogP contribution in [0.15, 0.2) is 12.3 Å². The third-order valence-electron chi connectivity index (χ3n) is 3.60. The Kier molecular flexibility index (Phi) is 4.42. The van der Waals surface area contributed by atoms with Crippen LogP contribution in [0.4, 0.5) is 0 Å². The van der Waals surface area contributed by atoms with Crippen molar-refractivity contribution in [1.82, 2.24) is 10.2 Å². The van der Waals surface area contributed by atoms with Crippen molar-refractivity contribution in [2.75, 3.05) is 19.6 Å². The number of allylic oxidation sites excluding steroid dienone is 1. The molecule has 1 unspecified atom stereocenters. The summed E-state index contributed by atoms with van der Waals surface area (Å²) in [5, 5.41) is 3.55. The van der Waals surface area contributed by atoms with E-state index in [-0.39, 0.29) is 5.91 Å². The maximum atomic E-state index is 11.2. The van der Waals surface area contributed by atoms with Crippen LogP contribution in [0.5, 0.6) is 0 Å². The molecule has 2 heterocycles. The molecule has 0 spiro atoms. The zero-order valence-corrected chi connectivity index (χ0v) is 10.5. The van der Waals surface area contributed by atoms with Gasteiger partial charge in [-0.25, -0.2) is 0 Å². The summed E-state index contributed by atoms with van der Waals surface area (Å²) in [7, 11) is 0. The van der Waals surface area contributed by atoms with Crippen molar-refractivity contribution >= 4 is 5.91 Å². The second-order valence-electron chi connectivity index (χ2n) is 4.90. The van der Waals surface area contributed by atoms with Gasteiger partial charge in [0.15, 0.2) is 0 Å². The van der Waals surface area contributed by atoms with Crippen LogP contribution in [0.2, 0.25) is 0 Å². The number of nitrogens with one attached hydrogen (secondary N) is 1. The summed E-state index contributed by atoms with van der Waals surface area (Å²) in [5.41, 5.74) is 0. The predicted molar refractivity (Wildman–Crippen MR) is 66.5 cm³/mol. The summed E-state index contributed by atoms with van der Waals surface area (Å²) in [4.78, 5) is 13.1. The highest BCUT2D eigenvalue weighted by Crippen LogP contribution is 2.13. The molecule has 96 valence electrons. The van der Waals surface area contributed by atoms with Gasteiger partial charge in [0.1, 0.15) is 6.10 Å². The average Bonchev–Trinajstić information content (AvgIpc) is 2.38. The van der Waals surface area contributed by atoms with Crippen LogP contribution in [-0.2, 0) is 9.53 Å². The number of rotatable bonds is 3. The molecule has 1 amide bonds. The second-order valence-corrected chi connectivity index (χ2v) is 4.90. The molecule has 4 heteroatoms. The van der Waals surface area contributed by atoms with Gasteiger partial charge < -0.3 is 15.0 Å². The molecule has 2 rings (SSSR count). The molecule has 0 aromatic rings. The van der Waals surface area contributed by atoms with E-state index >= 15 is 0 Å². The zero-order chi connectivity index (χ0) is 12.1. The molecule has 0 aliphatic carbocycles. The molecule has 0 saturated carbocycles. The molecular weight excluding hydrogens is 216 g/mol. The molecular formula is C13H22N2O2. The summed E-state index contributed by atoms with van der Waals surface area (Å²) >= 11 is 0. The van der Waals surface area contributed by atoms with Gasteiger partial charge in [-0.05, 0) is 31.8 Å². The first-order valence-corrected chi connectivity index (χ1v) is 6.55. The highest BCUT2D eigenvalue weighted by atomic mass is 16.5. The average molecular weight is 238 g/mol. The van der Waals surface area contributed by atoms with Crippen LogP contribution < -0.4 is 5.32 Å². The van der Waals surface area contributed by atoms with Gasteiger partial charge >= 0.3 is 0 Å². The smallest absolute Gasteiger partial charge is 0.219 e. The van der Waals surface area contributed by atoms with Gasteiger partial charge in [-0.1, -0.05) is 0 Å². The van der Waals surface area contributed by atoms with E-state index in [4.69, 9.17) is 4.74 Å². The molecule has 4 nitrogen and oxygen atoms in total. The molecule has 1 saturated heterocycles. The lowest BCUT2D eigenvalue weighted by Gasteiger charge is -2.32. The number of ether oxygens (including phenoxy) is 1. The molecule has 1 atom stereocenters. The Balaban J connectivity index is 1.64. The number of carbonyl (C=O) groups excluding carboxylic acids is 1. The topological polar surface area (TPSA) is 41.6 Å². The van der Waals surface area contributed by atoms with Gasteiger partial charge in [0.2, 0.25) is 5.91 Å². The van der Waals surface area contributed by atoms with Gasteiger partial charge in [-0.3, -0.25) is 4.79 Å². The first kappa shape index (κ1) is 12.4. The summed E-state index contributed by atoms with van der Waals surface area (Å²) in [6.45, 7) is 4.35. The van der Waals surface area contributed by atoms with E-state index in [1.807, 2.05) is 11.2 Å². The Morgan fingerprint density at radius 2 is 2.18 bits per heavy atom. The van der Waals surface area contributed by atoms with E-state index in [0.29, 0.717) is 12.1 Å². The first-order valence-electron chi connectivity index (χ1n) is 6.55. The maximum absolute atomic E-state index is 11.2. The quantitative estimate of drug-likeness (QED) is 0.805. The van der Waals surface area contributed by atoms with Crippen molar-refractivity contribution in [3.63, 3.8) is 0 Å².